The van der Waals surface area contributed by atoms with Gasteiger partial charge < -0.3 is 9.64 Å². The van der Waals surface area contributed by atoms with E-state index in [1.807, 2.05) is 0 Å². The van der Waals surface area contributed by atoms with Gasteiger partial charge in [0.2, 0.25) is 10.0 Å². The Balaban J connectivity index is 1.57. The normalized spacial score (nSPS) is 15.8. The van der Waals surface area contributed by atoms with Gasteiger partial charge in [-0.3, -0.25) is 4.79 Å². The van der Waals surface area contributed by atoms with Crippen molar-refractivity contribution in [3.05, 3.63) is 65.5 Å². The lowest BCUT2D eigenvalue weighted by atomic mass is 10.1. The number of carbonyl (C=O) groups is 1. The Kier molecular flexibility index (Phi) is 6.97. The van der Waals surface area contributed by atoms with Crippen molar-refractivity contribution >= 4 is 15.9 Å². The number of hydrogen-bond acceptors (Lipinski definition) is 4. The molecule has 0 bridgehead atoms. The first-order valence-corrected chi connectivity index (χ1v) is 10.8. The van der Waals surface area contributed by atoms with Crippen LogP contribution in [0.15, 0.2) is 53.4 Å². The van der Waals surface area contributed by atoms with E-state index in [4.69, 9.17) is 0 Å². The monoisotopic (exact) mass is 460 g/mol. The molecule has 0 N–H and O–H groups in total. The zero-order chi connectivity index (χ0) is 22.6. The van der Waals surface area contributed by atoms with Crippen molar-refractivity contribution in [3.8, 4) is 0 Å². The second-order valence-corrected chi connectivity index (χ2v) is 8.84. The topological polar surface area (TPSA) is 66.9 Å². The van der Waals surface area contributed by atoms with Gasteiger partial charge in [0.05, 0.1) is 6.61 Å². The summed E-state index contributed by atoms with van der Waals surface area (Å²) in [5, 5.41) is 0. The van der Waals surface area contributed by atoms with E-state index in [0.29, 0.717) is 11.1 Å². The van der Waals surface area contributed by atoms with Crippen LogP contribution in [0.25, 0.3) is 0 Å². The summed E-state index contributed by atoms with van der Waals surface area (Å²) in [6.45, 7) is -1.29. The number of benzene rings is 2. The van der Waals surface area contributed by atoms with Gasteiger partial charge in [-0.2, -0.15) is 17.5 Å². The largest absolute Gasteiger partial charge is 0.411 e. The number of carbonyl (C=O) groups excluding carboxylic acids is 1. The Morgan fingerprint density at radius 3 is 2.16 bits per heavy atom. The first-order valence-electron chi connectivity index (χ1n) is 9.35. The number of rotatable bonds is 6. The van der Waals surface area contributed by atoms with Crippen molar-refractivity contribution in [1.82, 2.24) is 9.21 Å². The molecule has 0 aliphatic carbocycles. The second kappa shape index (κ2) is 9.33. The molecule has 0 radical (unpaired) electrons. The molecule has 1 fully saturated rings. The van der Waals surface area contributed by atoms with Crippen LogP contribution in [-0.2, 0) is 21.4 Å². The van der Waals surface area contributed by atoms with Crippen molar-refractivity contribution in [2.75, 3.05) is 32.8 Å². The highest BCUT2D eigenvalue weighted by Gasteiger charge is 2.32. The first kappa shape index (κ1) is 23.2. The third kappa shape index (κ3) is 5.81. The molecule has 168 valence electrons. The second-order valence-electron chi connectivity index (χ2n) is 6.93. The van der Waals surface area contributed by atoms with Crippen LogP contribution in [0.4, 0.5) is 17.6 Å². The van der Waals surface area contributed by atoms with Gasteiger partial charge in [0, 0.05) is 31.7 Å². The fourth-order valence-corrected chi connectivity index (χ4v) is 4.62. The molecule has 31 heavy (non-hydrogen) atoms. The van der Waals surface area contributed by atoms with Gasteiger partial charge in [-0.25, -0.2) is 12.8 Å². The Morgan fingerprint density at radius 1 is 0.968 bits per heavy atom. The fourth-order valence-electron chi connectivity index (χ4n) is 3.14. The van der Waals surface area contributed by atoms with Crippen LogP contribution in [0.5, 0.6) is 0 Å². The minimum absolute atomic E-state index is 0.0196. The van der Waals surface area contributed by atoms with Crippen LogP contribution in [0.1, 0.15) is 15.9 Å². The van der Waals surface area contributed by atoms with Crippen LogP contribution < -0.4 is 0 Å². The molecule has 0 atom stereocenters. The van der Waals surface area contributed by atoms with Crippen molar-refractivity contribution in [2.24, 2.45) is 0 Å². The molecule has 1 heterocycles. The maximum Gasteiger partial charge on any atom is 0.411 e. The van der Waals surface area contributed by atoms with Gasteiger partial charge in [-0.1, -0.05) is 24.3 Å². The van der Waals surface area contributed by atoms with Crippen LogP contribution in [0.2, 0.25) is 0 Å². The van der Waals surface area contributed by atoms with E-state index in [0.717, 1.165) is 10.4 Å². The maximum atomic E-state index is 13.9. The van der Waals surface area contributed by atoms with Crippen molar-refractivity contribution in [3.63, 3.8) is 0 Å². The van der Waals surface area contributed by atoms with E-state index >= 15 is 0 Å². The zero-order valence-electron chi connectivity index (χ0n) is 16.3. The maximum absolute atomic E-state index is 13.9. The van der Waals surface area contributed by atoms with Crippen LogP contribution >= 0.6 is 0 Å². The lowest BCUT2D eigenvalue weighted by Gasteiger charge is -2.34. The van der Waals surface area contributed by atoms with Gasteiger partial charge in [-0.05, 0) is 29.8 Å². The third-order valence-corrected chi connectivity index (χ3v) is 6.65. The highest BCUT2D eigenvalue weighted by molar-refractivity contribution is 7.89. The summed E-state index contributed by atoms with van der Waals surface area (Å²) in [5.74, 6) is -1.16. The van der Waals surface area contributed by atoms with E-state index in [1.165, 1.54) is 47.4 Å². The summed E-state index contributed by atoms with van der Waals surface area (Å²) in [6.07, 6.45) is -4.40. The smallest absolute Gasteiger partial charge is 0.367 e. The summed E-state index contributed by atoms with van der Waals surface area (Å²) in [7, 11) is -4.01. The molecule has 0 unspecified atom stereocenters. The molecule has 2 aromatic rings. The van der Waals surface area contributed by atoms with Gasteiger partial charge in [0.15, 0.2) is 0 Å². The summed E-state index contributed by atoms with van der Waals surface area (Å²) < 4.78 is 81.2. The number of piperazine rings is 1. The molecule has 1 amide bonds. The predicted octanol–water partition coefficient (Wildman–Crippen LogP) is 3.05. The highest BCUT2D eigenvalue weighted by Crippen LogP contribution is 2.21. The van der Waals surface area contributed by atoms with Crippen LogP contribution in [0.3, 0.4) is 0 Å². The first-order chi connectivity index (χ1) is 14.6. The minimum Gasteiger partial charge on any atom is -0.367 e. The molecule has 0 spiro atoms. The Hall–Kier alpha value is -2.50. The van der Waals surface area contributed by atoms with Crippen LogP contribution in [-0.4, -0.2) is 62.5 Å². The standard InChI is InChI=1S/C20H20F4N2O4S/c21-17-3-1-2-4-18(17)31(28,29)26-11-9-25(10-12-26)19(27)16-7-5-15(6-8-16)13-30-14-20(22,23)24/h1-8H,9-14H2. The number of hydrogen-bond donors (Lipinski definition) is 0. The fraction of sp³-hybridized carbons (Fsp3) is 0.350. The van der Waals surface area contributed by atoms with Gasteiger partial charge >= 0.3 is 6.18 Å². The van der Waals surface area contributed by atoms with Gasteiger partial charge in [0.1, 0.15) is 17.3 Å². The summed E-state index contributed by atoms with van der Waals surface area (Å²) in [5.41, 5.74) is 0.812. The number of ether oxygens (including phenoxy) is 1. The average molecular weight is 460 g/mol. The number of alkyl halides is 3. The summed E-state index contributed by atoms with van der Waals surface area (Å²) >= 11 is 0. The summed E-state index contributed by atoms with van der Waals surface area (Å²) in [4.78, 5) is 13.7. The van der Waals surface area contributed by atoms with Gasteiger partial charge in [-0.15, -0.1) is 0 Å². The van der Waals surface area contributed by atoms with Crippen LogP contribution in [0, 0.1) is 5.82 Å². The Bertz CT molecular complexity index is 1020. The van der Waals surface area contributed by atoms with E-state index in [-0.39, 0.29) is 38.7 Å². The lowest BCUT2D eigenvalue weighted by Crippen LogP contribution is -2.50. The Morgan fingerprint density at radius 2 is 1.58 bits per heavy atom. The number of halogens is 4. The predicted molar refractivity (Wildman–Crippen MR) is 103 cm³/mol. The molecule has 1 aliphatic rings. The van der Waals surface area contributed by atoms with E-state index in [2.05, 4.69) is 4.74 Å². The van der Waals surface area contributed by atoms with Crippen molar-refractivity contribution in [2.45, 2.75) is 17.7 Å². The zero-order valence-corrected chi connectivity index (χ0v) is 17.1. The number of sulfonamides is 1. The number of nitrogens with zero attached hydrogens (tertiary/aromatic N) is 2. The molecule has 11 heteroatoms. The molecular weight excluding hydrogens is 440 g/mol. The molecule has 6 nitrogen and oxygen atoms in total. The Labute approximate surface area is 177 Å². The SMILES string of the molecule is O=C(c1ccc(COCC(F)(F)F)cc1)N1CCN(S(=O)(=O)c2ccccc2F)CC1. The van der Waals surface area contributed by atoms with Gasteiger partial charge in [0.25, 0.3) is 5.91 Å². The third-order valence-electron chi connectivity index (χ3n) is 4.72. The van der Waals surface area contributed by atoms with Crippen molar-refractivity contribution in [1.29, 1.82) is 0 Å². The molecule has 1 saturated heterocycles. The molecule has 3 rings (SSSR count). The number of amides is 1. The minimum atomic E-state index is -4.40. The summed E-state index contributed by atoms with van der Waals surface area (Å²) in [6, 6.07) is 11.1. The molecule has 2 aromatic carbocycles. The highest BCUT2D eigenvalue weighted by atomic mass is 32.2. The van der Waals surface area contributed by atoms with Crippen molar-refractivity contribution < 1.29 is 35.5 Å². The van der Waals surface area contributed by atoms with E-state index in [9.17, 15) is 30.8 Å². The molecular formula is C20H20F4N2O4S. The lowest BCUT2D eigenvalue weighted by molar-refractivity contribution is -0.176. The quantitative estimate of drug-likeness (QED) is 0.622. The average Bonchev–Trinajstić information content (AvgIpc) is 2.73. The molecule has 0 saturated carbocycles. The molecule has 0 aromatic heterocycles. The van der Waals surface area contributed by atoms with E-state index < -0.39 is 33.5 Å². The molecule has 1 aliphatic heterocycles. The van der Waals surface area contributed by atoms with E-state index in [1.54, 1.807) is 0 Å².